The number of ketones is 1. The Labute approximate surface area is 67.9 Å². The summed E-state index contributed by atoms with van der Waals surface area (Å²) in [6.45, 7) is 5.41. The fourth-order valence-corrected chi connectivity index (χ4v) is 0.931. The predicted octanol–water partition coefficient (Wildman–Crippen LogP) is 2.45. The van der Waals surface area contributed by atoms with E-state index in [9.17, 15) is 9.90 Å². The molecule has 0 spiro atoms. The van der Waals surface area contributed by atoms with Crippen LogP contribution in [-0.2, 0) is 4.79 Å². The number of aliphatic hydroxyl groups is 1. The molecule has 0 aromatic heterocycles. The Hall–Kier alpha value is -0.790. The molecule has 0 heterocycles. The molecular weight excluding hydrogens is 140 g/mol. The third-order valence-corrected chi connectivity index (χ3v) is 1.58. The lowest BCUT2D eigenvalue weighted by Crippen LogP contribution is -2.00. The van der Waals surface area contributed by atoms with Gasteiger partial charge in [0.25, 0.3) is 0 Å². The molecule has 0 aliphatic rings. The number of allylic oxidation sites excluding steroid dienone is 2. The normalized spacial score (nSPS) is 14.6. The average molecular weight is 156 g/mol. The molecule has 0 rings (SSSR count). The van der Waals surface area contributed by atoms with Crippen LogP contribution in [0.4, 0.5) is 0 Å². The first-order chi connectivity index (χ1) is 5.07. The molecule has 64 valence electrons. The Balaban J connectivity index is 4.00. The minimum atomic E-state index is -0.0922. The zero-order valence-corrected chi connectivity index (χ0v) is 7.42. The number of rotatable bonds is 4. The Morgan fingerprint density at radius 1 is 1.64 bits per heavy atom. The Morgan fingerprint density at radius 3 is 2.55 bits per heavy atom. The fraction of sp³-hybridized carbons (Fsp3) is 0.667. The molecule has 0 aromatic rings. The van der Waals surface area contributed by atoms with Crippen molar-refractivity contribution < 1.29 is 9.90 Å². The first kappa shape index (κ1) is 10.2. The van der Waals surface area contributed by atoms with Crippen LogP contribution in [-0.4, -0.2) is 10.9 Å². The highest BCUT2D eigenvalue weighted by molar-refractivity contribution is 5.87. The molecule has 0 bridgehead atoms. The molecule has 11 heavy (non-hydrogen) atoms. The summed E-state index contributed by atoms with van der Waals surface area (Å²) in [4.78, 5) is 10.5. The number of carbonyl (C=O) groups is 1. The van der Waals surface area contributed by atoms with Crippen LogP contribution in [0.1, 0.15) is 33.6 Å². The lowest BCUT2D eigenvalue weighted by atomic mass is 10.0. The maximum atomic E-state index is 10.5. The average Bonchev–Trinajstić information content (AvgIpc) is 1.86. The summed E-state index contributed by atoms with van der Waals surface area (Å²) in [5, 5.41) is 9.26. The molecule has 0 saturated heterocycles. The van der Waals surface area contributed by atoms with E-state index in [1.54, 1.807) is 0 Å². The van der Waals surface area contributed by atoms with Crippen LogP contribution < -0.4 is 0 Å². The predicted molar refractivity (Wildman–Crippen MR) is 45.5 cm³/mol. The SMILES string of the molecule is CCCC(C)C(O)=CC(C)=O. The minimum absolute atomic E-state index is 0.0922. The van der Waals surface area contributed by atoms with E-state index in [0.717, 1.165) is 12.8 Å². The van der Waals surface area contributed by atoms with Crippen molar-refractivity contribution in [2.45, 2.75) is 33.6 Å². The molecule has 0 radical (unpaired) electrons. The zero-order chi connectivity index (χ0) is 8.85. The summed E-state index contributed by atoms with van der Waals surface area (Å²) in [7, 11) is 0. The summed E-state index contributed by atoms with van der Waals surface area (Å²) in [5.74, 6) is 0.230. The van der Waals surface area contributed by atoms with Gasteiger partial charge >= 0.3 is 0 Å². The minimum Gasteiger partial charge on any atom is -0.512 e. The van der Waals surface area contributed by atoms with Gasteiger partial charge in [-0.1, -0.05) is 20.3 Å². The van der Waals surface area contributed by atoms with Crippen molar-refractivity contribution in [2.24, 2.45) is 5.92 Å². The number of hydrogen-bond donors (Lipinski definition) is 1. The van der Waals surface area contributed by atoms with Gasteiger partial charge in [-0.25, -0.2) is 0 Å². The van der Waals surface area contributed by atoms with Gasteiger partial charge < -0.3 is 5.11 Å². The standard InChI is InChI=1S/C9H16O2/c1-4-5-7(2)9(11)6-8(3)10/h6-7,11H,4-5H2,1-3H3. The molecule has 0 saturated carbocycles. The molecule has 0 fully saturated rings. The summed E-state index contributed by atoms with van der Waals surface area (Å²) in [6, 6.07) is 0. The lowest BCUT2D eigenvalue weighted by Gasteiger charge is -2.07. The molecule has 1 N–H and O–H groups in total. The summed E-state index contributed by atoms with van der Waals surface area (Å²) in [5.41, 5.74) is 0. The van der Waals surface area contributed by atoms with Gasteiger partial charge in [0.15, 0.2) is 5.78 Å². The smallest absolute Gasteiger partial charge is 0.155 e. The third kappa shape index (κ3) is 4.59. The van der Waals surface area contributed by atoms with E-state index in [2.05, 4.69) is 6.92 Å². The van der Waals surface area contributed by atoms with Crippen LogP contribution in [0.25, 0.3) is 0 Å². The highest BCUT2D eigenvalue weighted by Gasteiger charge is 2.05. The van der Waals surface area contributed by atoms with E-state index >= 15 is 0 Å². The van der Waals surface area contributed by atoms with Crippen LogP contribution in [0, 0.1) is 5.92 Å². The number of carbonyl (C=O) groups excluding carboxylic acids is 1. The van der Waals surface area contributed by atoms with Crippen LogP contribution in [0.2, 0.25) is 0 Å². The molecule has 2 heteroatoms. The van der Waals surface area contributed by atoms with Crippen molar-refractivity contribution in [3.8, 4) is 0 Å². The van der Waals surface area contributed by atoms with Crippen LogP contribution in [0.15, 0.2) is 11.8 Å². The van der Waals surface area contributed by atoms with Crippen molar-refractivity contribution in [2.75, 3.05) is 0 Å². The second kappa shape index (κ2) is 4.94. The largest absolute Gasteiger partial charge is 0.512 e. The Bertz CT molecular complexity index is 159. The van der Waals surface area contributed by atoms with Crippen LogP contribution in [0.3, 0.4) is 0 Å². The van der Waals surface area contributed by atoms with Crippen LogP contribution >= 0.6 is 0 Å². The van der Waals surface area contributed by atoms with Gasteiger partial charge in [-0.3, -0.25) is 4.79 Å². The Morgan fingerprint density at radius 2 is 2.18 bits per heavy atom. The zero-order valence-electron chi connectivity index (χ0n) is 7.42. The van der Waals surface area contributed by atoms with E-state index < -0.39 is 0 Å². The monoisotopic (exact) mass is 156 g/mol. The van der Waals surface area contributed by atoms with E-state index in [1.807, 2.05) is 6.92 Å². The van der Waals surface area contributed by atoms with Gasteiger partial charge in [-0.15, -0.1) is 0 Å². The van der Waals surface area contributed by atoms with Crippen LogP contribution in [0.5, 0.6) is 0 Å². The van der Waals surface area contributed by atoms with Gasteiger partial charge in [-0.2, -0.15) is 0 Å². The van der Waals surface area contributed by atoms with Crippen molar-refractivity contribution in [3.63, 3.8) is 0 Å². The molecule has 1 unspecified atom stereocenters. The second-order valence-corrected chi connectivity index (χ2v) is 2.87. The molecule has 1 atom stereocenters. The molecule has 0 amide bonds. The van der Waals surface area contributed by atoms with Gasteiger partial charge in [0, 0.05) is 12.0 Å². The number of aliphatic hydroxyl groups excluding tert-OH is 1. The van der Waals surface area contributed by atoms with Crippen molar-refractivity contribution >= 4 is 5.78 Å². The van der Waals surface area contributed by atoms with E-state index in [-0.39, 0.29) is 17.5 Å². The van der Waals surface area contributed by atoms with E-state index in [0.29, 0.717) is 0 Å². The van der Waals surface area contributed by atoms with Crippen molar-refractivity contribution in [3.05, 3.63) is 11.8 Å². The maximum Gasteiger partial charge on any atom is 0.155 e. The van der Waals surface area contributed by atoms with E-state index in [1.165, 1.54) is 13.0 Å². The Kier molecular flexibility index (Phi) is 4.59. The van der Waals surface area contributed by atoms with Gasteiger partial charge in [0.1, 0.15) is 0 Å². The maximum absolute atomic E-state index is 10.5. The topological polar surface area (TPSA) is 37.3 Å². The first-order valence-corrected chi connectivity index (χ1v) is 3.99. The number of hydrogen-bond acceptors (Lipinski definition) is 2. The molecule has 0 aliphatic heterocycles. The summed E-state index contributed by atoms with van der Waals surface area (Å²) in [6.07, 6.45) is 3.24. The van der Waals surface area contributed by atoms with Crippen molar-refractivity contribution in [1.29, 1.82) is 0 Å². The van der Waals surface area contributed by atoms with Crippen molar-refractivity contribution in [1.82, 2.24) is 0 Å². The fourth-order valence-electron chi connectivity index (χ4n) is 0.931. The quantitative estimate of drug-likeness (QED) is 0.501. The first-order valence-electron chi connectivity index (χ1n) is 3.99. The van der Waals surface area contributed by atoms with Gasteiger partial charge in [-0.05, 0) is 13.3 Å². The highest BCUT2D eigenvalue weighted by Crippen LogP contribution is 2.13. The van der Waals surface area contributed by atoms with Gasteiger partial charge in [0.2, 0.25) is 0 Å². The van der Waals surface area contributed by atoms with E-state index in [4.69, 9.17) is 0 Å². The third-order valence-electron chi connectivity index (χ3n) is 1.58. The lowest BCUT2D eigenvalue weighted by molar-refractivity contribution is -0.112. The summed E-state index contributed by atoms with van der Waals surface area (Å²) < 4.78 is 0. The van der Waals surface area contributed by atoms with Gasteiger partial charge in [0.05, 0.1) is 5.76 Å². The molecular formula is C9H16O2. The summed E-state index contributed by atoms with van der Waals surface area (Å²) >= 11 is 0. The molecule has 2 nitrogen and oxygen atoms in total. The second-order valence-electron chi connectivity index (χ2n) is 2.87. The molecule has 0 aliphatic carbocycles. The molecule has 0 aromatic carbocycles. The highest BCUT2D eigenvalue weighted by atomic mass is 16.3.